The molecule has 0 aliphatic rings. The summed E-state index contributed by atoms with van der Waals surface area (Å²) in [5, 5.41) is 12.6. The highest BCUT2D eigenvalue weighted by Gasteiger charge is 2.16. The fourth-order valence-corrected chi connectivity index (χ4v) is 3.78. The van der Waals surface area contributed by atoms with E-state index in [9.17, 15) is 13.5 Å². The second kappa shape index (κ2) is 7.94. The van der Waals surface area contributed by atoms with E-state index in [4.69, 9.17) is 0 Å². The summed E-state index contributed by atoms with van der Waals surface area (Å²) in [5.74, 6) is -0.515. The number of halogens is 1. The van der Waals surface area contributed by atoms with Gasteiger partial charge in [0, 0.05) is 10.0 Å². The van der Waals surface area contributed by atoms with Gasteiger partial charge in [-0.15, -0.1) is 0 Å². The quantitative estimate of drug-likeness (QED) is 0.477. The molecule has 0 spiro atoms. The van der Waals surface area contributed by atoms with Crippen molar-refractivity contribution in [2.75, 3.05) is 4.72 Å². The maximum absolute atomic E-state index is 12.6. The zero-order valence-corrected chi connectivity index (χ0v) is 16.8. The summed E-state index contributed by atoms with van der Waals surface area (Å²) in [5.41, 5.74) is 1.77. The Morgan fingerprint density at radius 1 is 0.963 bits per heavy atom. The minimum Gasteiger partial charge on any atom is -0.858 e. The van der Waals surface area contributed by atoms with Crippen LogP contribution in [0.15, 0.2) is 87.2 Å². The van der Waals surface area contributed by atoms with Crippen LogP contribution in [0.25, 0.3) is 0 Å². The summed E-state index contributed by atoms with van der Waals surface area (Å²) in [6, 6.07) is 19.9. The second-order valence-corrected chi connectivity index (χ2v) is 8.41. The van der Waals surface area contributed by atoms with E-state index >= 15 is 0 Å². The maximum atomic E-state index is 12.6. The number of sulfonamides is 1. The number of anilines is 1. The molecule has 0 heterocycles. The van der Waals surface area contributed by atoms with Crippen LogP contribution in [0, 0.1) is 6.92 Å². The van der Waals surface area contributed by atoms with Gasteiger partial charge in [0.05, 0.1) is 16.3 Å². The van der Waals surface area contributed by atoms with Crippen LogP contribution in [0.4, 0.5) is 11.4 Å². The lowest BCUT2D eigenvalue weighted by Gasteiger charge is -2.17. The molecule has 0 saturated carbocycles. The third kappa shape index (κ3) is 4.56. The van der Waals surface area contributed by atoms with Crippen molar-refractivity contribution < 1.29 is 13.5 Å². The zero-order chi connectivity index (χ0) is 19.4. The number of para-hydroxylation sites is 2. The van der Waals surface area contributed by atoms with E-state index in [0.717, 1.165) is 10.0 Å². The van der Waals surface area contributed by atoms with Crippen molar-refractivity contribution in [1.82, 2.24) is 0 Å². The monoisotopic (exact) mass is 443 g/mol. The van der Waals surface area contributed by atoms with Crippen molar-refractivity contribution in [3.05, 3.63) is 88.4 Å². The molecule has 0 aliphatic carbocycles. The number of hydrogen-bond donors (Lipinski definition) is 1. The molecule has 0 unspecified atom stereocenters. The Bertz CT molecular complexity index is 1090. The Morgan fingerprint density at radius 3 is 2.30 bits per heavy atom. The highest BCUT2D eigenvalue weighted by Crippen LogP contribution is 2.23. The average Bonchev–Trinajstić information content (AvgIpc) is 2.64. The molecular formula is C20H16BrN2O3S-. The molecule has 27 heavy (non-hydrogen) atoms. The lowest BCUT2D eigenvalue weighted by Crippen LogP contribution is -2.22. The first-order valence-electron chi connectivity index (χ1n) is 8.06. The SMILES string of the molecule is Cc1ccccc1N=C([O-])c1ccccc1NS(=O)(=O)c1ccc(Br)cc1. The molecule has 0 amide bonds. The van der Waals surface area contributed by atoms with Crippen LogP contribution in [0.1, 0.15) is 11.1 Å². The lowest BCUT2D eigenvalue weighted by molar-refractivity contribution is -0.212. The number of nitrogens with zero attached hydrogens (tertiary/aromatic N) is 1. The average molecular weight is 444 g/mol. The number of aryl methyl sites for hydroxylation is 1. The molecule has 5 nitrogen and oxygen atoms in total. The Hall–Kier alpha value is -2.64. The van der Waals surface area contributed by atoms with Gasteiger partial charge in [0.25, 0.3) is 10.0 Å². The summed E-state index contributed by atoms with van der Waals surface area (Å²) in [4.78, 5) is 4.22. The van der Waals surface area contributed by atoms with Crippen LogP contribution in [0.2, 0.25) is 0 Å². The van der Waals surface area contributed by atoms with E-state index in [1.54, 1.807) is 42.5 Å². The van der Waals surface area contributed by atoms with E-state index in [0.29, 0.717) is 5.69 Å². The number of nitrogens with one attached hydrogen (secondary N) is 1. The highest BCUT2D eigenvalue weighted by molar-refractivity contribution is 9.10. The lowest BCUT2D eigenvalue weighted by atomic mass is 10.1. The Labute approximate surface area is 166 Å². The fourth-order valence-electron chi connectivity index (χ4n) is 2.43. The van der Waals surface area contributed by atoms with Crippen molar-refractivity contribution in [2.45, 2.75) is 11.8 Å². The molecule has 138 valence electrons. The molecule has 0 saturated heterocycles. The van der Waals surface area contributed by atoms with E-state index in [1.807, 2.05) is 19.1 Å². The molecule has 3 rings (SSSR count). The van der Waals surface area contributed by atoms with Gasteiger partial charge in [0.2, 0.25) is 0 Å². The van der Waals surface area contributed by atoms with Crippen LogP contribution in [0.3, 0.4) is 0 Å². The van der Waals surface area contributed by atoms with Crippen molar-refractivity contribution in [3.63, 3.8) is 0 Å². The zero-order valence-electron chi connectivity index (χ0n) is 14.4. The molecule has 0 fully saturated rings. The Kier molecular flexibility index (Phi) is 5.62. The molecule has 3 aromatic carbocycles. The van der Waals surface area contributed by atoms with E-state index < -0.39 is 15.9 Å². The van der Waals surface area contributed by atoms with E-state index in [-0.39, 0.29) is 16.1 Å². The molecule has 0 bridgehead atoms. The molecule has 0 atom stereocenters. The van der Waals surface area contributed by atoms with Gasteiger partial charge in [-0.1, -0.05) is 52.3 Å². The third-order valence-electron chi connectivity index (χ3n) is 3.86. The second-order valence-electron chi connectivity index (χ2n) is 5.81. The molecule has 0 aromatic heterocycles. The molecule has 0 radical (unpaired) electrons. The topological polar surface area (TPSA) is 81.6 Å². The number of rotatable bonds is 5. The first-order valence-corrected chi connectivity index (χ1v) is 10.3. The largest absolute Gasteiger partial charge is 0.858 e. The van der Waals surface area contributed by atoms with Crippen molar-refractivity contribution in [1.29, 1.82) is 0 Å². The summed E-state index contributed by atoms with van der Waals surface area (Å²) in [6.45, 7) is 1.86. The standard InChI is InChI=1S/C20H17BrN2O3S/c1-14-6-2-4-8-18(14)22-20(24)17-7-3-5-9-19(17)23-27(25,26)16-12-10-15(21)11-13-16/h2-13,23H,1H3,(H,22,24)/p-1. The van der Waals surface area contributed by atoms with Gasteiger partial charge in [-0.3, -0.25) is 9.71 Å². The molecule has 3 aromatic rings. The minimum absolute atomic E-state index is 0.101. The van der Waals surface area contributed by atoms with Gasteiger partial charge in [-0.05, 0) is 54.8 Å². The molecular weight excluding hydrogens is 428 g/mol. The summed E-state index contributed by atoms with van der Waals surface area (Å²) in [6.07, 6.45) is 0. The predicted molar refractivity (Wildman–Crippen MR) is 109 cm³/mol. The van der Waals surface area contributed by atoms with Crippen molar-refractivity contribution in [2.24, 2.45) is 4.99 Å². The van der Waals surface area contributed by atoms with Gasteiger partial charge >= 0.3 is 0 Å². The summed E-state index contributed by atoms with van der Waals surface area (Å²) in [7, 11) is -3.83. The molecule has 7 heteroatoms. The summed E-state index contributed by atoms with van der Waals surface area (Å²) < 4.78 is 28.5. The smallest absolute Gasteiger partial charge is 0.261 e. The van der Waals surface area contributed by atoms with Crippen LogP contribution in [-0.2, 0) is 10.0 Å². The first-order chi connectivity index (χ1) is 12.9. The molecule has 1 N–H and O–H groups in total. The van der Waals surface area contributed by atoms with Crippen LogP contribution < -0.4 is 9.83 Å². The highest BCUT2D eigenvalue weighted by atomic mass is 79.9. The van der Waals surface area contributed by atoms with E-state index in [2.05, 4.69) is 25.6 Å². The van der Waals surface area contributed by atoms with Gasteiger partial charge < -0.3 is 5.11 Å². The van der Waals surface area contributed by atoms with E-state index in [1.165, 1.54) is 18.2 Å². The Balaban J connectivity index is 1.97. The number of aliphatic imine (C=N–C) groups is 1. The number of hydrogen-bond acceptors (Lipinski definition) is 4. The molecule has 0 aliphatic heterocycles. The first kappa shape index (κ1) is 19.1. The summed E-state index contributed by atoms with van der Waals surface area (Å²) >= 11 is 3.27. The van der Waals surface area contributed by atoms with Gasteiger partial charge in [0.1, 0.15) is 0 Å². The van der Waals surface area contributed by atoms with Crippen LogP contribution in [-0.4, -0.2) is 14.3 Å². The van der Waals surface area contributed by atoms with Gasteiger partial charge in [-0.2, -0.15) is 0 Å². The number of benzene rings is 3. The normalized spacial score (nSPS) is 12.0. The van der Waals surface area contributed by atoms with Crippen molar-refractivity contribution >= 4 is 43.2 Å². The minimum atomic E-state index is -3.83. The predicted octanol–water partition coefficient (Wildman–Crippen LogP) is 4.00. The maximum Gasteiger partial charge on any atom is 0.261 e. The Morgan fingerprint density at radius 2 is 1.59 bits per heavy atom. The van der Waals surface area contributed by atoms with Gasteiger partial charge in [0.15, 0.2) is 0 Å². The van der Waals surface area contributed by atoms with Gasteiger partial charge in [-0.25, -0.2) is 8.42 Å². The van der Waals surface area contributed by atoms with Crippen molar-refractivity contribution in [3.8, 4) is 0 Å². The third-order valence-corrected chi connectivity index (χ3v) is 5.77. The fraction of sp³-hybridized carbons (Fsp3) is 0.0500. The van der Waals surface area contributed by atoms with Crippen LogP contribution in [0.5, 0.6) is 0 Å². The van der Waals surface area contributed by atoms with Crippen LogP contribution >= 0.6 is 15.9 Å².